The van der Waals surface area contributed by atoms with Crippen molar-refractivity contribution in [1.29, 1.82) is 0 Å². The molecule has 1 unspecified atom stereocenters. The molecule has 0 fully saturated rings. The molecule has 0 radical (unpaired) electrons. The highest BCUT2D eigenvalue weighted by atomic mass is 14.6. The van der Waals surface area contributed by atoms with E-state index in [9.17, 15) is 0 Å². The van der Waals surface area contributed by atoms with E-state index in [0.717, 1.165) is 5.69 Å². The molecule has 1 aromatic carbocycles. The van der Waals surface area contributed by atoms with E-state index in [1.165, 1.54) is 47.9 Å². The number of nitrogens with two attached hydrogens (primary N) is 1. The minimum absolute atomic E-state index is 0.709. The average Bonchev–Trinajstić information content (AvgIpc) is 2.50. The van der Waals surface area contributed by atoms with Gasteiger partial charge in [0.05, 0.1) is 0 Å². The quantitative estimate of drug-likeness (QED) is 0.599. The first kappa shape index (κ1) is 7.43. The molecule has 3 rings (SSSR count). The number of hydrogen-bond donors (Lipinski definition) is 1. The molecule has 13 heavy (non-hydrogen) atoms. The van der Waals surface area contributed by atoms with Crippen LogP contribution in [0.4, 0.5) is 5.69 Å². The second-order valence-corrected chi connectivity index (χ2v) is 4.46. The van der Waals surface area contributed by atoms with E-state index in [1.807, 2.05) is 0 Å². The van der Waals surface area contributed by atoms with Crippen LogP contribution in [0.3, 0.4) is 0 Å². The number of anilines is 1. The predicted molar refractivity (Wildman–Crippen MR) is 55.0 cm³/mol. The monoisotopic (exact) mass is 173 g/mol. The Balaban J connectivity index is 2.25. The van der Waals surface area contributed by atoms with Crippen molar-refractivity contribution >= 4 is 5.69 Å². The first-order valence-electron chi connectivity index (χ1n) is 5.20. The van der Waals surface area contributed by atoms with Crippen molar-refractivity contribution in [2.75, 3.05) is 5.73 Å². The summed E-state index contributed by atoms with van der Waals surface area (Å²) < 4.78 is 0. The van der Waals surface area contributed by atoms with E-state index in [4.69, 9.17) is 5.73 Å². The smallest absolute Gasteiger partial charge is 0.0387 e. The van der Waals surface area contributed by atoms with Crippen LogP contribution in [0.1, 0.15) is 41.5 Å². The molecule has 0 bridgehead atoms. The molecule has 0 saturated heterocycles. The average molecular weight is 173 g/mol. The van der Waals surface area contributed by atoms with E-state index in [2.05, 4.69) is 13.0 Å². The molecule has 1 aromatic rings. The number of hydrogen-bond acceptors (Lipinski definition) is 1. The molecule has 0 heterocycles. The normalized spacial score (nSPS) is 23.6. The molecule has 0 aromatic heterocycles. The molecular formula is C12H15N. The maximum Gasteiger partial charge on any atom is 0.0387 e. The van der Waals surface area contributed by atoms with Crippen molar-refractivity contribution in [2.24, 2.45) is 0 Å². The third-order valence-electron chi connectivity index (χ3n) is 3.59. The van der Waals surface area contributed by atoms with Gasteiger partial charge in [-0.2, -0.15) is 0 Å². The Morgan fingerprint density at radius 2 is 2.15 bits per heavy atom. The van der Waals surface area contributed by atoms with Crippen LogP contribution in [0.15, 0.2) is 6.07 Å². The zero-order valence-corrected chi connectivity index (χ0v) is 8.06. The maximum atomic E-state index is 6.18. The molecule has 1 atom stereocenters. The topological polar surface area (TPSA) is 26.0 Å². The highest BCUT2D eigenvalue weighted by molar-refractivity contribution is 5.66. The first-order valence-corrected chi connectivity index (χ1v) is 5.20. The molecule has 68 valence electrons. The molecule has 0 spiro atoms. The third kappa shape index (κ3) is 0.822. The van der Waals surface area contributed by atoms with Gasteiger partial charge in [-0.05, 0) is 53.9 Å². The van der Waals surface area contributed by atoms with Gasteiger partial charge in [-0.3, -0.25) is 0 Å². The Morgan fingerprint density at radius 3 is 2.92 bits per heavy atom. The van der Waals surface area contributed by atoms with Crippen molar-refractivity contribution in [3.63, 3.8) is 0 Å². The van der Waals surface area contributed by atoms with Crippen molar-refractivity contribution in [3.05, 3.63) is 28.3 Å². The number of fused-ring (bicyclic) bond motifs is 2. The number of benzene rings is 1. The SMILES string of the molecule is CC1Cc2cc3c(c(N)c21)CCC3. The van der Waals surface area contributed by atoms with Crippen molar-refractivity contribution in [2.45, 2.75) is 38.5 Å². The second kappa shape index (κ2) is 2.28. The third-order valence-corrected chi connectivity index (χ3v) is 3.59. The van der Waals surface area contributed by atoms with Crippen LogP contribution in [0.2, 0.25) is 0 Å². The van der Waals surface area contributed by atoms with Gasteiger partial charge in [0.1, 0.15) is 0 Å². The summed E-state index contributed by atoms with van der Waals surface area (Å²) in [6.45, 7) is 2.28. The van der Waals surface area contributed by atoms with Crippen LogP contribution < -0.4 is 5.73 Å². The van der Waals surface area contributed by atoms with Gasteiger partial charge in [-0.25, -0.2) is 0 Å². The summed E-state index contributed by atoms with van der Waals surface area (Å²) >= 11 is 0. The predicted octanol–water partition coefficient (Wildman–Crippen LogP) is 2.42. The van der Waals surface area contributed by atoms with E-state index < -0.39 is 0 Å². The summed E-state index contributed by atoms with van der Waals surface area (Å²) in [7, 11) is 0. The first-order chi connectivity index (χ1) is 6.27. The van der Waals surface area contributed by atoms with Gasteiger partial charge in [0.2, 0.25) is 0 Å². The van der Waals surface area contributed by atoms with Gasteiger partial charge in [0, 0.05) is 5.69 Å². The largest absolute Gasteiger partial charge is 0.398 e. The Labute approximate surface area is 78.9 Å². The summed E-state index contributed by atoms with van der Waals surface area (Å²) in [4.78, 5) is 0. The van der Waals surface area contributed by atoms with Gasteiger partial charge in [-0.1, -0.05) is 13.0 Å². The molecule has 2 aliphatic carbocycles. The van der Waals surface area contributed by atoms with Crippen molar-refractivity contribution < 1.29 is 0 Å². The molecule has 2 N–H and O–H groups in total. The van der Waals surface area contributed by atoms with Gasteiger partial charge < -0.3 is 5.73 Å². The van der Waals surface area contributed by atoms with Crippen LogP contribution in [-0.4, -0.2) is 0 Å². The fourth-order valence-electron chi connectivity index (χ4n) is 2.91. The minimum Gasteiger partial charge on any atom is -0.398 e. The lowest BCUT2D eigenvalue weighted by atomic mass is 9.76. The summed E-state index contributed by atoms with van der Waals surface area (Å²) in [5.74, 6) is 0.709. The Kier molecular flexibility index (Phi) is 1.30. The van der Waals surface area contributed by atoms with E-state index in [-0.39, 0.29) is 0 Å². The lowest BCUT2D eigenvalue weighted by molar-refractivity contribution is 0.668. The molecule has 1 nitrogen and oxygen atoms in total. The number of nitrogen functional groups attached to an aromatic ring is 1. The van der Waals surface area contributed by atoms with Crippen molar-refractivity contribution in [1.82, 2.24) is 0 Å². The van der Waals surface area contributed by atoms with Crippen LogP contribution in [0, 0.1) is 0 Å². The van der Waals surface area contributed by atoms with Gasteiger partial charge >= 0.3 is 0 Å². The van der Waals surface area contributed by atoms with Crippen molar-refractivity contribution in [3.8, 4) is 0 Å². The van der Waals surface area contributed by atoms with Gasteiger partial charge in [0.15, 0.2) is 0 Å². The second-order valence-electron chi connectivity index (χ2n) is 4.46. The summed E-state index contributed by atoms with van der Waals surface area (Å²) in [6.07, 6.45) is 5.01. The zero-order chi connectivity index (χ0) is 9.00. The van der Waals surface area contributed by atoms with Crippen LogP contribution in [-0.2, 0) is 19.3 Å². The highest BCUT2D eigenvalue weighted by Crippen LogP contribution is 2.43. The maximum absolute atomic E-state index is 6.18. The zero-order valence-electron chi connectivity index (χ0n) is 8.06. The molecule has 2 aliphatic rings. The lowest BCUT2D eigenvalue weighted by Crippen LogP contribution is -2.18. The van der Waals surface area contributed by atoms with Gasteiger partial charge in [-0.15, -0.1) is 0 Å². The molecule has 0 aliphatic heterocycles. The summed E-state index contributed by atoms with van der Waals surface area (Å²) in [5, 5.41) is 0. The standard InChI is InChI=1S/C12H15N/c1-7-5-9-6-8-3-2-4-10(8)12(13)11(7)9/h6-7H,2-5,13H2,1H3. The van der Waals surface area contributed by atoms with Crippen LogP contribution >= 0.6 is 0 Å². The Morgan fingerprint density at radius 1 is 1.31 bits per heavy atom. The summed E-state index contributed by atoms with van der Waals surface area (Å²) in [6, 6.07) is 2.40. The number of aryl methyl sites for hydroxylation is 1. The Hall–Kier alpha value is -0.980. The van der Waals surface area contributed by atoms with Crippen LogP contribution in [0.25, 0.3) is 0 Å². The van der Waals surface area contributed by atoms with E-state index >= 15 is 0 Å². The van der Waals surface area contributed by atoms with Gasteiger partial charge in [0.25, 0.3) is 0 Å². The summed E-state index contributed by atoms with van der Waals surface area (Å²) in [5.41, 5.74) is 13.3. The number of rotatable bonds is 0. The molecule has 0 amide bonds. The lowest BCUT2D eigenvalue weighted by Gasteiger charge is -2.30. The molecule has 0 saturated carbocycles. The van der Waals surface area contributed by atoms with E-state index in [0.29, 0.717) is 5.92 Å². The van der Waals surface area contributed by atoms with Crippen LogP contribution in [0.5, 0.6) is 0 Å². The fourth-order valence-corrected chi connectivity index (χ4v) is 2.91. The molecule has 1 heteroatoms. The van der Waals surface area contributed by atoms with E-state index in [1.54, 1.807) is 0 Å². The molecular weight excluding hydrogens is 158 g/mol. The minimum atomic E-state index is 0.709. The fraction of sp³-hybridized carbons (Fsp3) is 0.500. The highest BCUT2D eigenvalue weighted by Gasteiger charge is 2.28. The Bertz CT molecular complexity index is 375.